The normalized spacial score (nSPS) is 11.8. The highest BCUT2D eigenvalue weighted by Crippen LogP contribution is 2.29. The smallest absolute Gasteiger partial charge is 0.333 e. The molecule has 7 heteroatoms. The molecule has 0 spiro atoms. The van der Waals surface area contributed by atoms with Crippen molar-refractivity contribution in [1.82, 2.24) is 0 Å². The fraction of sp³-hybridized carbons (Fsp3) is 0.308. The monoisotopic (exact) mass is 614 g/mol. The van der Waals surface area contributed by atoms with Crippen LogP contribution in [0.25, 0.3) is 0 Å². The molecular weight excluding hydrogens is 601 g/mol. The van der Waals surface area contributed by atoms with E-state index in [1.807, 2.05) is 12.1 Å². The number of hydrogen-bond acceptors (Lipinski definition) is 4. The minimum atomic E-state index is -0.871. The van der Waals surface area contributed by atoms with Crippen LogP contribution < -0.4 is 4.74 Å². The van der Waals surface area contributed by atoms with Crippen LogP contribution in [0.5, 0.6) is 5.75 Å². The van der Waals surface area contributed by atoms with Crippen molar-refractivity contribution in [1.29, 1.82) is 0 Å². The largest absolute Gasteiger partial charge is 0.489 e. The molecular formula is C13H13I3O4. The number of carbonyl (C=O) groups excluding carboxylic acids is 1. The first kappa shape index (κ1) is 18.4. The second-order valence-electron chi connectivity index (χ2n) is 4.04. The van der Waals surface area contributed by atoms with E-state index in [1.54, 1.807) is 6.92 Å². The molecule has 0 radical (unpaired) electrons. The lowest BCUT2D eigenvalue weighted by molar-refractivity contribution is -0.142. The Labute approximate surface area is 158 Å². The van der Waals surface area contributed by atoms with Crippen molar-refractivity contribution in [3.8, 4) is 5.75 Å². The van der Waals surface area contributed by atoms with Crippen LogP contribution in [-0.2, 0) is 9.53 Å². The number of halogens is 3. The summed E-state index contributed by atoms with van der Waals surface area (Å²) in [6, 6.07) is 3.98. The Morgan fingerprint density at radius 1 is 1.30 bits per heavy atom. The molecule has 110 valence electrons. The number of hydrogen-bond donors (Lipinski definition) is 1. The van der Waals surface area contributed by atoms with E-state index in [0.717, 1.165) is 16.5 Å². The van der Waals surface area contributed by atoms with E-state index in [1.165, 1.54) is 0 Å². The summed E-state index contributed by atoms with van der Waals surface area (Å²) >= 11 is 6.61. The molecule has 1 aromatic rings. The average molecular weight is 614 g/mol. The lowest BCUT2D eigenvalue weighted by Crippen LogP contribution is -2.25. The average Bonchev–Trinajstić information content (AvgIpc) is 2.34. The van der Waals surface area contributed by atoms with Gasteiger partial charge in [0.05, 0.1) is 7.14 Å². The lowest BCUT2D eigenvalue weighted by atomic mass is 10.3. The van der Waals surface area contributed by atoms with Gasteiger partial charge in [-0.05, 0) is 86.8 Å². The van der Waals surface area contributed by atoms with Gasteiger partial charge in [-0.1, -0.05) is 6.58 Å². The molecule has 0 saturated carbocycles. The summed E-state index contributed by atoms with van der Waals surface area (Å²) in [5.74, 6) is 0.222. The summed E-state index contributed by atoms with van der Waals surface area (Å²) < 4.78 is 13.5. The maximum absolute atomic E-state index is 11.2. The van der Waals surface area contributed by atoms with Crippen molar-refractivity contribution in [3.63, 3.8) is 0 Å². The first-order valence-electron chi connectivity index (χ1n) is 5.59. The first-order chi connectivity index (χ1) is 9.31. The number of benzene rings is 1. The van der Waals surface area contributed by atoms with Crippen molar-refractivity contribution < 1.29 is 19.4 Å². The van der Waals surface area contributed by atoms with E-state index in [0.29, 0.717) is 5.57 Å². The number of ether oxygens (including phenoxy) is 2. The Balaban J connectivity index is 2.51. The van der Waals surface area contributed by atoms with Crippen molar-refractivity contribution in [2.75, 3.05) is 13.2 Å². The van der Waals surface area contributed by atoms with Crippen LogP contribution in [0.4, 0.5) is 0 Å². The number of aliphatic hydroxyl groups is 1. The van der Waals surface area contributed by atoms with E-state index >= 15 is 0 Å². The van der Waals surface area contributed by atoms with Crippen LogP contribution in [0.2, 0.25) is 0 Å². The van der Waals surface area contributed by atoms with Gasteiger partial charge >= 0.3 is 5.97 Å². The van der Waals surface area contributed by atoms with Crippen LogP contribution in [0.3, 0.4) is 0 Å². The van der Waals surface area contributed by atoms with E-state index in [9.17, 15) is 9.90 Å². The summed E-state index contributed by atoms with van der Waals surface area (Å²) in [6.07, 6.45) is -0.871. The van der Waals surface area contributed by atoms with Crippen molar-refractivity contribution in [2.24, 2.45) is 0 Å². The zero-order chi connectivity index (χ0) is 15.3. The van der Waals surface area contributed by atoms with Gasteiger partial charge in [-0.25, -0.2) is 4.79 Å². The predicted molar refractivity (Wildman–Crippen MR) is 102 cm³/mol. The van der Waals surface area contributed by atoms with Crippen molar-refractivity contribution >= 4 is 73.7 Å². The molecule has 0 aliphatic carbocycles. The predicted octanol–water partition coefficient (Wildman–Crippen LogP) is 3.36. The summed E-state index contributed by atoms with van der Waals surface area (Å²) in [4.78, 5) is 11.2. The van der Waals surface area contributed by atoms with Gasteiger partial charge in [0.1, 0.15) is 25.1 Å². The van der Waals surface area contributed by atoms with Crippen LogP contribution in [0, 0.1) is 10.7 Å². The van der Waals surface area contributed by atoms with E-state index in [-0.39, 0.29) is 13.2 Å². The highest BCUT2D eigenvalue weighted by atomic mass is 127. The Morgan fingerprint density at radius 2 is 1.85 bits per heavy atom. The third-order valence-electron chi connectivity index (χ3n) is 2.14. The summed E-state index contributed by atoms with van der Waals surface area (Å²) in [5, 5.41) is 9.74. The van der Waals surface area contributed by atoms with E-state index < -0.39 is 12.1 Å². The maximum Gasteiger partial charge on any atom is 0.333 e. The Kier molecular flexibility index (Phi) is 8.05. The standard InChI is InChI=1S/C13H13I3O4/c1-7(2)13(18)20-6-9(17)5-19-12-10(15)3-8(14)4-11(12)16/h3-4,9,17H,1,5-6H2,2H3. The molecule has 0 amide bonds. The fourth-order valence-electron chi connectivity index (χ4n) is 1.19. The van der Waals surface area contributed by atoms with E-state index in [2.05, 4.69) is 74.4 Å². The van der Waals surface area contributed by atoms with Gasteiger partial charge < -0.3 is 14.6 Å². The van der Waals surface area contributed by atoms with Gasteiger partial charge in [0.15, 0.2) is 0 Å². The summed E-state index contributed by atoms with van der Waals surface area (Å²) in [7, 11) is 0. The quantitative estimate of drug-likeness (QED) is 0.304. The van der Waals surface area contributed by atoms with Gasteiger partial charge in [0.2, 0.25) is 0 Å². The van der Waals surface area contributed by atoms with Gasteiger partial charge in [-0.2, -0.15) is 0 Å². The van der Waals surface area contributed by atoms with Crippen molar-refractivity contribution in [2.45, 2.75) is 13.0 Å². The number of esters is 1. The Bertz CT molecular complexity index is 493. The molecule has 0 bridgehead atoms. The maximum atomic E-state index is 11.2. The van der Waals surface area contributed by atoms with Gasteiger partial charge in [0.25, 0.3) is 0 Å². The van der Waals surface area contributed by atoms with Gasteiger partial charge in [-0.15, -0.1) is 0 Å². The molecule has 20 heavy (non-hydrogen) atoms. The first-order valence-corrected chi connectivity index (χ1v) is 8.83. The molecule has 0 aliphatic rings. The number of carbonyl (C=O) groups is 1. The minimum Gasteiger partial charge on any atom is -0.489 e. The zero-order valence-electron chi connectivity index (χ0n) is 10.7. The molecule has 4 nitrogen and oxygen atoms in total. The highest BCUT2D eigenvalue weighted by Gasteiger charge is 2.13. The molecule has 1 N–H and O–H groups in total. The van der Waals surface area contributed by atoms with Gasteiger partial charge in [0, 0.05) is 9.14 Å². The molecule has 1 aromatic carbocycles. The van der Waals surface area contributed by atoms with Crippen LogP contribution in [-0.4, -0.2) is 30.4 Å². The summed E-state index contributed by atoms with van der Waals surface area (Å²) in [5.41, 5.74) is 0.305. The SMILES string of the molecule is C=C(C)C(=O)OCC(O)COc1c(I)cc(I)cc1I. The molecule has 1 unspecified atom stereocenters. The zero-order valence-corrected chi connectivity index (χ0v) is 17.1. The molecule has 0 aromatic heterocycles. The molecule has 0 fully saturated rings. The topological polar surface area (TPSA) is 55.8 Å². The molecule has 0 heterocycles. The lowest BCUT2D eigenvalue weighted by Gasteiger charge is -2.15. The van der Waals surface area contributed by atoms with Crippen LogP contribution >= 0.6 is 67.8 Å². The van der Waals surface area contributed by atoms with Crippen molar-refractivity contribution in [3.05, 3.63) is 35.0 Å². The Morgan fingerprint density at radius 3 is 2.35 bits per heavy atom. The second-order valence-corrected chi connectivity index (χ2v) is 7.61. The number of aliphatic hydroxyl groups excluding tert-OH is 1. The fourth-order valence-corrected chi connectivity index (χ4v) is 5.08. The third-order valence-corrected chi connectivity index (χ3v) is 4.36. The van der Waals surface area contributed by atoms with Gasteiger partial charge in [-0.3, -0.25) is 0 Å². The van der Waals surface area contributed by atoms with Crippen LogP contribution in [0.1, 0.15) is 6.92 Å². The highest BCUT2D eigenvalue weighted by molar-refractivity contribution is 14.1. The minimum absolute atomic E-state index is 0.0655. The second kappa shape index (κ2) is 8.73. The molecule has 1 atom stereocenters. The third kappa shape index (κ3) is 6.02. The number of rotatable bonds is 6. The Hall–Kier alpha value is 0.380. The molecule has 0 aliphatic heterocycles. The molecule has 0 saturated heterocycles. The molecule has 1 rings (SSSR count). The van der Waals surface area contributed by atoms with E-state index in [4.69, 9.17) is 9.47 Å². The van der Waals surface area contributed by atoms with Crippen LogP contribution in [0.15, 0.2) is 24.3 Å². The summed E-state index contributed by atoms with van der Waals surface area (Å²) in [6.45, 7) is 4.98.